The number of carbonyl (C=O) groups excluding carboxylic acids is 2. The molecule has 4 aromatic rings. The Morgan fingerprint density at radius 2 is 1.46 bits per heavy atom. The monoisotopic (exact) mass is 340 g/mol. The van der Waals surface area contributed by atoms with Gasteiger partial charge in [-0.1, -0.05) is 66.7 Å². The van der Waals surface area contributed by atoms with Crippen LogP contribution in [0.15, 0.2) is 79.0 Å². The Labute approximate surface area is 150 Å². The number of aryl methyl sites for hydroxylation is 1. The van der Waals surface area contributed by atoms with Gasteiger partial charge < -0.3 is 0 Å². The average Bonchev–Trinajstić information content (AvgIpc) is 3.06. The average molecular weight is 340 g/mol. The van der Waals surface area contributed by atoms with Crippen molar-refractivity contribution in [2.45, 2.75) is 6.92 Å². The van der Waals surface area contributed by atoms with Gasteiger partial charge in [0.25, 0.3) is 5.78 Å². The summed E-state index contributed by atoms with van der Waals surface area (Å²) >= 11 is 0. The highest BCUT2D eigenvalue weighted by molar-refractivity contribution is 6.49. The van der Waals surface area contributed by atoms with E-state index in [1.807, 2.05) is 61.7 Å². The maximum absolute atomic E-state index is 13.1. The number of carbonyl (C=O) groups is 2. The SMILES string of the molecule is Cc1ccc2nc(-c3ccccc3)c(C(=O)C(=O)c3ccccc3)n2c1. The van der Waals surface area contributed by atoms with Crippen LogP contribution in [0, 0.1) is 6.92 Å². The molecule has 0 N–H and O–H groups in total. The quantitative estimate of drug-likeness (QED) is 0.409. The molecule has 4 rings (SSSR count). The molecule has 2 heterocycles. The van der Waals surface area contributed by atoms with E-state index in [0.29, 0.717) is 22.6 Å². The second-order valence-electron chi connectivity index (χ2n) is 6.13. The van der Waals surface area contributed by atoms with Crippen LogP contribution >= 0.6 is 0 Å². The van der Waals surface area contributed by atoms with Gasteiger partial charge in [-0.05, 0) is 18.6 Å². The van der Waals surface area contributed by atoms with Crippen LogP contribution in [-0.2, 0) is 0 Å². The topological polar surface area (TPSA) is 51.4 Å². The highest BCUT2D eigenvalue weighted by Gasteiger charge is 2.26. The third-order valence-corrected chi connectivity index (χ3v) is 4.27. The Hall–Kier alpha value is -3.53. The molecule has 0 spiro atoms. The van der Waals surface area contributed by atoms with E-state index in [1.165, 1.54) is 0 Å². The van der Waals surface area contributed by atoms with Crippen molar-refractivity contribution in [3.63, 3.8) is 0 Å². The molecule has 0 saturated heterocycles. The number of benzene rings is 2. The second kappa shape index (κ2) is 6.41. The fraction of sp³-hybridized carbons (Fsp3) is 0.0455. The third-order valence-electron chi connectivity index (χ3n) is 4.27. The van der Waals surface area contributed by atoms with Crippen LogP contribution in [0.3, 0.4) is 0 Å². The van der Waals surface area contributed by atoms with E-state index < -0.39 is 11.6 Å². The molecule has 2 aromatic heterocycles. The molecule has 0 bridgehead atoms. The lowest BCUT2D eigenvalue weighted by molar-refractivity contribution is 0.0814. The van der Waals surface area contributed by atoms with Crippen molar-refractivity contribution in [2.24, 2.45) is 0 Å². The maximum atomic E-state index is 13.1. The molecule has 0 unspecified atom stereocenters. The molecule has 0 saturated carbocycles. The minimum Gasteiger partial charge on any atom is -0.296 e. The fourth-order valence-electron chi connectivity index (χ4n) is 2.99. The van der Waals surface area contributed by atoms with Crippen molar-refractivity contribution < 1.29 is 9.59 Å². The second-order valence-corrected chi connectivity index (χ2v) is 6.13. The number of imidazole rings is 1. The van der Waals surface area contributed by atoms with Crippen molar-refractivity contribution >= 4 is 17.2 Å². The van der Waals surface area contributed by atoms with E-state index in [0.717, 1.165) is 11.1 Å². The van der Waals surface area contributed by atoms with Crippen LogP contribution in [0.5, 0.6) is 0 Å². The van der Waals surface area contributed by atoms with Crippen molar-refractivity contribution in [3.8, 4) is 11.3 Å². The number of rotatable bonds is 4. The van der Waals surface area contributed by atoms with E-state index in [2.05, 4.69) is 4.98 Å². The number of ketones is 2. The molecule has 0 atom stereocenters. The van der Waals surface area contributed by atoms with Gasteiger partial charge in [-0.2, -0.15) is 0 Å². The lowest BCUT2D eigenvalue weighted by atomic mass is 10.0. The van der Waals surface area contributed by atoms with E-state index in [4.69, 9.17) is 0 Å². The highest BCUT2D eigenvalue weighted by atomic mass is 16.2. The molecule has 4 heteroatoms. The van der Waals surface area contributed by atoms with Gasteiger partial charge in [0, 0.05) is 17.3 Å². The molecule has 0 aliphatic heterocycles. The molecular weight excluding hydrogens is 324 g/mol. The maximum Gasteiger partial charge on any atom is 0.252 e. The Morgan fingerprint density at radius 1 is 0.808 bits per heavy atom. The molecule has 0 fully saturated rings. The van der Waals surface area contributed by atoms with E-state index in [9.17, 15) is 9.59 Å². The zero-order valence-corrected chi connectivity index (χ0v) is 14.2. The summed E-state index contributed by atoms with van der Waals surface area (Å²) in [6.07, 6.45) is 1.83. The number of hydrogen-bond donors (Lipinski definition) is 0. The first-order valence-electron chi connectivity index (χ1n) is 8.33. The van der Waals surface area contributed by atoms with Crippen molar-refractivity contribution in [1.82, 2.24) is 9.38 Å². The summed E-state index contributed by atoms with van der Waals surface area (Å²) in [4.78, 5) is 30.5. The zero-order valence-electron chi connectivity index (χ0n) is 14.2. The van der Waals surface area contributed by atoms with Crippen molar-refractivity contribution in [3.05, 3.63) is 95.8 Å². The zero-order chi connectivity index (χ0) is 18.1. The predicted octanol–water partition coefficient (Wildman–Crippen LogP) is 4.38. The summed E-state index contributed by atoms with van der Waals surface area (Å²) in [7, 11) is 0. The van der Waals surface area contributed by atoms with Crippen molar-refractivity contribution in [1.29, 1.82) is 0 Å². The van der Waals surface area contributed by atoms with E-state index in [-0.39, 0.29) is 0 Å². The lowest BCUT2D eigenvalue weighted by Crippen LogP contribution is -2.17. The van der Waals surface area contributed by atoms with Gasteiger partial charge in [-0.25, -0.2) is 4.98 Å². The number of Topliss-reactive ketones (excluding diaryl/α,β-unsaturated/α-hetero) is 2. The first-order valence-corrected chi connectivity index (χ1v) is 8.33. The summed E-state index contributed by atoms with van der Waals surface area (Å²) in [6, 6.07) is 21.8. The first kappa shape index (κ1) is 16.0. The Kier molecular flexibility index (Phi) is 3.93. The molecule has 126 valence electrons. The summed E-state index contributed by atoms with van der Waals surface area (Å²) in [5.74, 6) is -1.10. The van der Waals surface area contributed by atoms with Crippen LogP contribution in [0.1, 0.15) is 26.4 Å². The van der Waals surface area contributed by atoms with Gasteiger partial charge in [0.15, 0.2) is 0 Å². The van der Waals surface area contributed by atoms with Crippen molar-refractivity contribution in [2.75, 3.05) is 0 Å². The third kappa shape index (κ3) is 2.71. The molecule has 4 nitrogen and oxygen atoms in total. The molecule has 0 amide bonds. The number of fused-ring (bicyclic) bond motifs is 1. The van der Waals surface area contributed by atoms with Crippen LogP contribution in [0.25, 0.3) is 16.9 Å². The van der Waals surface area contributed by atoms with Gasteiger partial charge in [-0.3, -0.25) is 14.0 Å². The minimum absolute atomic E-state index is 0.295. The standard InChI is InChI=1S/C22H16N2O2/c1-15-12-13-18-23-19(16-8-4-2-5-9-16)20(24(18)14-15)22(26)21(25)17-10-6-3-7-11-17/h2-14H,1H3. The van der Waals surface area contributed by atoms with E-state index in [1.54, 1.807) is 28.7 Å². The Bertz CT molecular complexity index is 1110. The van der Waals surface area contributed by atoms with Gasteiger partial charge in [0.05, 0.1) is 0 Å². The molecule has 0 aliphatic carbocycles. The van der Waals surface area contributed by atoms with Gasteiger partial charge >= 0.3 is 0 Å². The molecular formula is C22H16N2O2. The number of pyridine rings is 1. The fourth-order valence-corrected chi connectivity index (χ4v) is 2.99. The molecule has 0 aliphatic rings. The van der Waals surface area contributed by atoms with Gasteiger partial charge in [0.2, 0.25) is 5.78 Å². The van der Waals surface area contributed by atoms with Gasteiger partial charge in [0.1, 0.15) is 17.0 Å². The first-order chi connectivity index (χ1) is 12.6. The lowest BCUT2D eigenvalue weighted by Gasteiger charge is -2.05. The Balaban J connectivity index is 1.94. The number of hydrogen-bond acceptors (Lipinski definition) is 3. The summed E-state index contributed by atoms with van der Waals surface area (Å²) in [6.45, 7) is 1.94. The number of aromatic nitrogens is 2. The highest BCUT2D eigenvalue weighted by Crippen LogP contribution is 2.26. The van der Waals surface area contributed by atoms with Gasteiger partial charge in [-0.15, -0.1) is 0 Å². The minimum atomic E-state index is -0.562. The predicted molar refractivity (Wildman–Crippen MR) is 100 cm³/mol. The van der Waals surface area contributed by atoms with Crippen LogP contribution in [0.4, 0.5) is 0 Å². The summed E-state index contributed by atoms with van der Waals surface area (Å²) < 4.78 is 1.71. The van der Waals surface area contributed by atoms with Crippen LogP contribution in [0.2, 0.25) is 0 Å². The smallest absolute Gasteiger partial charge is 0.252 e. The summed E-state index contributed by atoms with van der Waals surface area (Å²) in [5, 5.41) is 0. The summed E-state index contributed by atoms with van der Waals surface area (Å²) in [5.41, 5.74) is 3.61. The molecule has 2 aromatic carbocycles. The molecule has 0 radical (unpaired) electrons. The van der Waals surface area contributed by atoms with Crippen LogP contribution in [-0.4, -0.2) is 21.0 Å². The number of nitrogens with zero attached hydrogens (tertiary/aromatic N) is 2. The normalized spacial score (nSPS) is 10.8. The largest absolute Gasteiger partial charge is 0.296 e. The molecule has 26 heavy (non-hydrogen) atoms. The van der Waals surface area contributed by atoms with E-state index >= 15 is 0 Å². The Morgan fingerprint density at radius 3 is 2.15 bits per heavy atom. The van der Waals surface area contributed by atoms with Crippen LogP contribution < -0.4 is 0 Å².